The van der Waals surface area contributed by atoms with Crippen LogP contribution in [0.3, 0.4) is 0 Å². The van der Waals surface area contributed by atoms with Gasteiger partial charge in [0.25, 0.3) is 0 Å². The Labute approximate surface area is 97.2 Å². The lowest BCUT2D eigenvalue weighted by molar-refractivity contribution is 0.124. The van der Waals surface area contributed by atoms with Crippen molar-refractivity contribution in [2.45, 2.75) is 26.9 Å². The Kier molecular flexibility index (Phi) is 3.73. The predicted molar refractivity (Wildman–Crippen MR) is 65.2 cm³/mol. The van der Waals surface area contributed by atoms with Gasteiger partial charge in [-0.15, -0.1) is 6.58 Å². The summed E-state index contributed by atoms with van der Waals surface area (Å²) < 4.78 is 5.79. The van der Waals surface area contributed by atoms with Gasteiger partial charge in [-0.1, -0.05) is 19.9 Å². The van der Waals surface area contributed by atoms with Crippen molar-refractivity contribution in [1.29, 1.82) is 5.26 Å². The molecule has 0 heterocycles. The molecule has 16 heavy (non-hydrogen) atoms. The van der Waals surface area contributed by atoms with Crippen LogP contribution in [-0.2, 0) is 0 Å². The van der Waals surface area contributed by atoms with Gasteiger partial charge in [-0.25, -0.2) is 0 Å². The zero-order chi connectivity index (χ0) is 12.2. The smallest absolute Gasteiger partial charge is 0.119 e. The molecule has 1 atom stereocenters. The zero-order valence-electron chi connectivity index (χ0n) is 10.0. The van der Waals surface area contributed by atoms with Crippen molar-refractivity contribution in [2.75, 3.05) is 0 Å². The van der Waals surface area contributed by atoms with Crippen LogP contribution in [0.15, 0.2) is 36.9 Å². The molecular weight excluding hydrogens is 198 g/mol. The van der Waals surface area contributed by atoms with E-state index >= 15 is 0 Å². The average molecular weight is 215 g/mol. The van der Waals surface area contributed by atoms with Gasteiger partial charge in [0.2, 0.25) is 0 Å². The van der Waals surface area contributed by atoms with Gasteiger partial charge in [0.1, 0.15) is 11.9 Å². The molecule has 0 radical (unpaired) electrons. The molecule has 0 spiro atoms. The third-order valence-electron chi connectivity index (χ3n) is 2.87. The maximum atomic E-state index is 8.67. The van der Waals surface area contributed by atoms with Crippen molar-refractivity contribution in [3.63, 3.8) is 0 Å². The molecule has 84 valence electrons. The van der Waals surface area contributed by atoms with Crippen molar-refractivity contribution in [1.82, 2.24) is 0 Å². The van der Waals surface area contributed by atoms with E-state index in [0.717, 1.165) is 5.75 Å². The number of benzene rings is 1. The summed E-state index contributed by atoms with van der Waals surface area (Å²) in [6, 6.07) is 9.21. The van der Waals surface area contributed by atoms with E-state index in [1.807, 2.05) is 25.1 Å². The van der Waals surface area contributed by atoms with Crippen molar-refractivity contribution in [3.8, 4) is 11.8 Å². The third-order valence-corrected chi connectivity index (χ3v) is 2.87. The lowest BCUT2D eigenvalue weighted by Gasteiger charge is -2.28. The third kappa shape index (κ3) is 2.87. The monoisotopic (exact) mass is 215 g/mol. The molecule has 2 heteroatoms. The lowest BCUT2D eigenvalue weighted by Crippen LogP contribution is -2.29. The van der Waals surface area contributed by atoms with Crippen LogP contribution in [0, 0.1) is 16.7 Å². The highest BCUT2D eigenvalue weighted by Crippen LogP contribution is 2.26. The first-order valence-corrected chi connectivity index (χ1v) is 5.30. The molecule has 1 rings (SSSR count). The maximum absolute atomic E-state index is 8.67. The highest BCUT2D eigenvalue weighted by molar-refractivity contribution is 5.34. The van der Waals surface area contributed by atoms with E-state index in [1.165, 1.54) is 0 Å². The van der Waals surface area contributed by atoms with Crippen molar-refractivity contribution < 1.29 is 4.74 Å². The van der Waals surface area contributed by atoms with Gasteiger partial charge in [0.15, 0.2) is 0 Å². The van der Waals surface area contributed by atoms with Crippen molar-refractivity contribution >= 4 is 0 Å². The number of nitriles is 1. The highest BCUT2D eigenvalue weighted by atomic mass is 16.5. The molecule has 0 bridgehead atoms. The Morgan fingerprint density at radius 1 is 1.38 bits per heavy atom. The van der Waals surface area contributed by atoms with Crippen LogP contribution in [0.1, 0.15) is 26.3 Å². The Balaban J connectivity index is 2.74. The number of rotatable bonds is 4. The summed E-state index contributed by atoms with van der Waals surface area (Å²) in [6.07, 6.45) is 1.93. The molecule has 1 aromatic carbocycles. The second-order valence-corrected chi connectivity index (χ2v) is 4.42. The molecule has 2 nitrogen and oxygen atoms in total. The van der Waals surface area contributed by atoms with Gasteiger partial charge in [0, 0.05) is 5.41 Å². The Morgan fingerprint density at radius 2 is 1.94 bits per heavy atom. The SMILES string of the molecule is C=CC(C)(C)C(C)Oc1ccc(C#N)cc1. The highest BCUT2D eigenvalue weighted by Gasteiger charge is 2.23. The summed E-state index contributed by atoms with van der Waals surface area (Å²) in [5, 5.41) is 8.67. The minimum absolute atomic E-state index is 0.0398. The van der Waals surface area contributed by atoms with Crippen LogP contribution < -0.4 is 4.74 Å². The molecule has 0 saturated heterocycles. The first-order chi connectivity index (χ1) is 7.49. The molecule has 1 aromatic rings. The molecule has 0 amide bonds. The van der Waals surface area contributed by atoms with E-state index < -0.39 is 0 Å². The minimum atomic E-state index is -0.0755. The van der Waals surface area contributed by atoms with Crippen LogP contribution >= 0.6 is 0 Å². The number of nitrogens with zero attached hydrogens (tertiary/aromatic N) is 1. The van der Waals surface area contributed by atoms with Crippen LogP contribution in [0.25, 0.3) is 0 Å². The quantitative estimate of drug-likeness (QED) is 0.720. The van der Waals surface area contributed by atoms with Crippen molar-refractivity contribution in [2.24, 2.45) is 5.41 Å². The molecule has 0 N–H and O–H groups in total. The van der Waals surface area contributed by atoms with E-state index in [-0.39, 0.29) is 11.5 Å². The first-order valence-electron chi connectivity index (χ1n) is 5.30. The molecule has 0 saturated carbocycles. The normalized spacial score (nSPS) is 12.6. The minimum Gasteiger partial charge on any atom is -0.490 e. The number of hydrogen-bond donors (Lipinski definition) is 0. The van der Waals surface area contributed by atoms with E-state index in [0.29, 0.717) is 5.56 Å². The average Bonchev–Trinajstić information content (AvgIpc) is 2.30. The number of ether oxygens (including phenoxy) is 1. The molecular formula is C14H17NO. The van der Waals surface area contributed by atoms with Crippen LogP contribution in [-0.4, -0.2) is 6.10 Å². The Hall–Kier alpha value is -1.75. The molecule has 1 unspecified atom stereocenters. The Bertz CT molecular complexity index is 398. The first kappa shape index (κ1) is 12.3. The van der Waals surface area contributed by atoms with Gasteiger partial charge in [0.05, 0.1) is 11.6 Å². The van der Waals surface area contributed by atoms with Gasteiger partial charge in [-0.3, -0.25) is 0 Å². The van der Waals surface area contributed by atoms with E-state index in [1.54, 1.807) is 12.1 Å². The van der Waals surface area contributed by atoms with Gasteiger partial charge in [-0.05, 0) is 31.2 Å². The Morgan fingerprint density at radius 3 is 2.38 bits per heavy atom. The predicted octanol–water partition coefficient (Wildman–Crippen LogP) is 3.54. The standard InChI is InChI=1S/C14H17NO/c1-5-14(3,4)11(2)16-13-8-6-12(10-15)7-9-13/h5-9,11H,1H2,2-4H3. The van der Waals surface area contributed by atoms with Crippen LogP contribution in [0.4, 0.5) is 0 Å². The van der Waals surface area contributed by atoms with Crippen LogP contribution in [0.2, 0.25) is 0 Å². The van der Waals surface area contributed by atoms with Crippen molar-refractivity contribution in [3.05, 3.63) is 42.5 Å². The second-order valence-electron chi connectivity index (χ2n) is 4.42. The second kappa shape index (κ2) is 4.85. The molecule has 0 aliphatic carbocycles. The molecule has 0 aliphatic heterocycles. The summed E-state index contributed by atoms with van der Waals surface area (Å²) in [4.78, 5) is 0. The summed E-state index contributed by atoms with van der Waals surface area (Å²) in [5.74, 6) is 0.779. The summed E-state index contributed by atoms with van der Waals surface area (Å²) in [6.45, 7) is 9.97. The summed E-state index contributed by atoms with van der Waals surface area (Å²) >= 11 is 0. The van der Waals surface area contributed by atoms with Gasteiger partial charge < -0.3 is 4.74 Å². The molecule has 0 aliphatic rings. The zero-order valence-corrected chi connectivity index (χ0v) is 10.0. The molecule has 0 aromatic heterocycles. The largest absolute Gasteiger partial charge is 0.490 e. The van der Waals surface area contributed by atoms with E-state index in [2.05, 4.69) is 26.5 Å². The van der Waals surface area contributed by atoms with E-state index in [4.69, 9.17) is 10.00 Å². The fraction of sp³-hybridized carbons (Fsp3) is 0.357. The maximum Gasteiger partial charge on any atom is 0.119 e. The van der Waals surface area contributed by atoms with Crippen LogP contribution in [0.5, 0.6) is 5.75 Å². The van der Waals surface area contributed by atoms with Gasteiger partial charge in [-0.2, -0.15) is 5.26 Å². The number of hydrogen-bond acceptors (Lipinski definition) is 2. The summed E-state index contributed by atoms with van der Waals surface area (Å²) in [7, 11) is 0. The molecule has 0 fully saturated rings. The summed E-state index contributed by atoms with van der Waals surface area (Å²) in [5.41, 5.74) is 0.566. The van der Waals surface area contributed by atoms with Gasteiger partial charge >= 0.3 is 0 Å². The fourth-order valence-electron chi connectivity index (χ4n) is 1.13. The van der Waals surface area contributed by atoms with E-state index in [9.17, 15) is 0 Å². The lowest BCUT2D eigenvalue weighted by atomic mass is 9.88. The fourth-order valence-corrected chi connectivity index (χ4v) is 1.13. The topological polar surface area (TPSA) is 33.0 Å².